The van der Waals surface area contributed by atoms with Crippen molar-refractivity contribution in [2.75, 3.05) is 13.1 Å². The summed E-state index contributed by atoms with van der Waals surface area (Å²) in [5.41, 5.74) is 8.92. The first-order valence-electron chi connectivity index (χ1n) is 4.37. The summed E-state index contributed by atoms with van der Waals surface area (Å²) in [5, 5.41) is 4.63. The van der Waals surface area contributed by atoms with Gasteiger partial charge >= 0.3 is 0 Å². The van der Waals surface area contributed by atoms with Crippen molar-refractivity contribution >= 4 is 17.7 Å². The molecule has 0 saturated heterocycles. The van der Waals surface area contributed by atoms with Crippen LogP contribution in [0, 0.1) is 0 Å². The zero-order chi connectivity index (χ0) is 12.1. The summed E-state index contributed by atoms with van der Waals surface area (Å²) in [5.74, 6) is -1.59. The van der Waals surface area contributed by atoms with Crippen molar-refractivity contribution in [3.05, 3.63) is 0 Å². The highest BCUT2D eigenvalue weighted by Gasteiger charge is 2.26. The third-order valence-electron chi connectivity index (χ3n) is 1.70. The Hall–Kier alpha value is -1.63. The van der Waals surface area contributed by atoms with E-state index in [1.807, 2.05) is 0 Å². The molecule has 0 aliphatic rings. The van der Waals surface area contributed by atoms with Crippen LogP contribution in [0.25, 0.3) is 0 Å². The van der Waals surface area contributed by atoms with Gasteiger partial charge in [0.2, 0.25) is 17.7 Å². The molecule has 3 amide bonds. The fourth-order valence-corrected chi connectivity index (χ4v) is 0.705. The van der Waals surface area contributed by atoms with E-state index in [4.69, 9.17) is 11.5 Å². The largest absolute Gasteiger partial charge is 0.368 e. The molecule has 0 fully saturated rings. The van der Waals surface area contributed by atoms with E-state index in [0.29, 0.717) is 0 Å². The fraction of sp³-hybridized carbons (Fsp3) is 0.625. The van der Waals surface area contributed by atoms with Gasteiger partial charge in [0.25, 0.3) is 0 Å². The van der Waals surface area contributed by atoms with Gasteiger partial charge in [0.15, 0.2) is 0 Å². The van der Waals surface area contributed by atoms with E-state index < -0.39 is 23.3 Å². The smallest absolute Gasteiger partial charge is 0.242 e. The lowest BCUT2D eigenvalue weighted by Gasteiger charge is -2.22. The second kappa shape index (κ2) is 5.30. The standard InChI is InChI=1S/C8H16N4O3/c1-8(2,7(10)15)12-6(14)4-11-5(13)3-9/h3-4,9H2,1-2H3,(H2,10,15)(H,11,13)(H,12,14). The Kier molecular flexibility index (Phi) is 4.72. The van der Waals surface area contributed by atoms with Crippen molar-refractivity contribution in [2.24, 2.45) is 11.5 Å². The Balaban J connectivity index is 4.04. The molecule has 0 aliphatic carbocycles. The van der Waals surface area contributed by atoms with Gasteiger partial charge in [-0.3, -0.25) is 14.4 Å². The van der Waals surface area contributed by atoms with Gasteiger partial charge in [-0.15, -0.1) is 0 Å². The molecule has 0 heterocycles. The second-order valence-electron chi connectivity index (χ2n) is 3.52. The lowest BCUT2D eigenvalue weighted by molar-refractivity contribution is -0.130. The predicted molar refractivity (Wildman–Crippen MR) is 53.5 cm³/mol. The molecule has 0 saturated carbocycles. The van der Waals surface area contributed by atoms with Gasteiger partial charge in [-0.05, 0) is 13.8 Å². The minimum Gasteiger partial charge on any atom is -0.368 e. The average Bonchev–Trinajstić information content (AvgIpc) is 2.13. The summed E-state index contributed by atoms with van der Waals surface area (Å²) in [4.78, 5) is 32.8. The number of hydrogen-bond donors (Lipinski definition) is 4. The molecule has 0 aliphatic heterocycles. The number of hydrogen-bond acceptors (Lipinski definition) is 4. The van der Waals surface area contributed by atoms with Crippen LogP contribution in [0.3, 0.4) is 0 Å². The van der Waals surface area contributed by atoms with E-state index in [1.54, 1.807) is 0 Å². The van der Waals surface area contributed by atoms with E-state index in [-0.39, 0.29) is 13.1 Å². The molecule has 0 spiro atoms. The van der Waals surface area contributed by atoms with Gasteiger partial charge in [-0.1, -0.05) is 0 Å². The van der Waals surface area contributed by atoms with Crippen LogP contribution in [0.1, 0.15) is 13.8 Å². The Labute approximate surface area is 87.6 Å². The third-order valence-corrected chi connectivity index (χ3v) is 1.70. The molecular weight excluding hydrogens is 200 g/mol. The molecule has 15 heavy (non-hydrogen) atoms. The van der Waals surface area contributed by atoms with E-state index in [0.717, 1.165) is 0 Å². The quantitative estimate of drug-likeness (QED) is 0.403. The van der Waals surface area contributed by atoms with Crippen LogP contribution >= 0.6 is 0 Å². The summed E-state index contributed by atoms with van der Waals surface area (Å²) in [6.07, 6.45) is 0. The lowest BCUT2D eigenvalue weighted by Crippen LogP contribution is -2.55. The molecule has 7 nitrogen and oxygen atoms in total. The Morgan fingerprint density at radius 3 is 2.13 bits per heavy atom. The average molecular weight is 216 g/mol. The molecule has 0 bridgehead atoms. The lowest BCUT2D eigenvalue weighted by atomic mass is 10.1. The Morgan fingerprint density at radius 1 is 1.20 bits per heavy atom. The van der Waals surface area contributed by atoms with Crippen molar-refractivity contribution in [1.82, 2.24) is 10.6 Å². The maximum Gasteiger partial charge on any atom is 0.242 e. The normalized spacial score (nSPS) is 10.6. The van der Waals surface area contributed by atoms with Crippen LogP contribution in [-0.4, -0.2) is 36.3 Å². The second-order valence-corrected chi connectivity index (χ2v) is 3.52. The number of nitrogens with two attached hydrogens (primary N) is 2. The zero-order valence-corrected chi connectivity index (χ0v) is 8.79. The number of carbonyl (C=O) groups excluding carboxylic acids is 3. The zero-order valence-electron chi connectivity index (χ0n) is 8.79. The summed E-state index contributed by atoms with van der Waals surface area (Å²) < 4.78 is 0. The monoisotopic (exact) mass is 216 g/mol. The minimum atomic E-state index is -1.13. The number of nitrogens with one attached hydrogen (secondary N) is 2. The van der Waals surface area contributed by atoms with Gasteiger partial charge in [0.1, 0.15) is 5.54 Å². The molecule has 86 valence electrons. The highest BCUT2D eigenvalue weighted by molar-refractivity contribution is 5.91. The maximum absolute atomic E-state index is 11.2. The summed E-state index contributed by atoms with van der Waals surface area (Å²) >= 11 is 0. The SMILES string of the molecule is CC(C)(NC(=O)CNC(=O)CN)C(N)=O. The van der Waals surface area contributed by atoms with Crippen LogP contribution in [0.4, 0.5) is 0 Å². The topological polar surface area (TPSA) is 127 Å². The Bertz CT molecular complexity index is 275. The number of carbonyl (C=O) groups is 3. The van der Waals surface area contributed by atoms with Gasteiger partial charge in [0, 0.05) is 0 Å². The molecule has 0 atom stereocenters. The first-order chi connectivity index (χ1) is 6.79. The summed E-state index contributed by atoms with van der Waals surface area (Å²) in [7, 11) is 0. The molecule has 0 radical (unpaired) electrons. The minimum absolute atomic E-state index is 0.188. The van der Waals surface area contributed by atoms with Crippen molar-refractivity contribution in [1.29, 1.82) is 0 Å². The predicted octanol–water partition coefficient (Wildman–Crippen LogP) is -2.56. The van der Waals surface area contributed by atoms with Crippen LogP contribution < -0.4 is 22.1 Å². The van der Waals surface area contributed by atoms with Crippen molar-refractivity contribution in [3.63, 3.8) is 0 Å². The fourth-order valence-electron chi connectivity index (χ4n) is 0.705. The van der Waals surface area contributed by atoms with Crippen molar-refractivity contribution < 1.29 is 14.4 Å². The van der Waals surface area contributed by atoms with Gasteiger partial charge in [0.05, 0.1) is 13.1 Å². The Morgan fingerprint density at radius 2 is 1.73 bits per heavy atom. The molecular formula is C8H16N4O3. The third kappa shape index (κ3) is 4.96. The first-order valence-corrected chi connectivity index (χ1v) is 4.37. The van der Waals surface area contributed by atoms with Crippen LogP contribution in [0.5, 0.6) is 0 Å². The van der Waals surface area contributed by atoms with Gasteiger partial charge in [-0.25, -0.2) is 0 Å². The highest BCUT2D eigenvalue weighted by atomic mass is 16.2. The number of rotatable bonds is 5. The number of primary amides is 1. The maximum atomic E-state index is 11.2. The first kappa shape index (κ1) is 13.4. The van der Waals surface area contributed by atoms with Crippen LogP contribution in [-0.2, 0) is 14.4 Å². The summed E-state index contributed by atoms with van der Waals surface area (Å²) in [6.45, 7) is 2.52. The summed E-state index contributed by atoms with van der Waals surface area (Å²) in [6, 6.07) is 0. The molecule has 0 aromatic heterocycles. The molecule has 0 rings (SSSR count). The van der Waals surface area contributed by atoms with E-state index in [9.17, 15) is 14.4 Å². The number of amides is 3. The van der Waals surface area contributed by atoms with Crippen LogP contribution in [0.2, 0.25) is 0 Å². The molecule has 0 aromatic rings. The molecule has 6 N–H and O–H groups in total. The van der Waals surface area contributed by atoms with E-state index in [2.05, 4.69) is 10.6 Å². The van der Waals surface area contributed by atoms with E-state index in [1.165, 1.54) is 13.8 Å². The molecule has 0 unspecified atom stereocenters. The van der Waals surface area contributed by atoms with Crippen LogP contribution in [0.15, 0.2) is 0 Å². The molecule has 0 aromatic carbocycles. The highest BCUT2D eigenvalue weighted by Crippen LogP contribution is 1.98. The van der Waals surface area contributed by atoms with Crippen molar-refractivity contribution in [2.45, 2.75) is 19.4 Å². The molecule has 7 heteroatoms. The van der Waals surface area contributed by atoms with Gasteiger partial charge < -0.3 is 22.1 Å². The van der Waals surface area contributed by atoms with Crippen molar-refractivity contribution in [3.8, 4) is 0 Å². The van der Waals surface area contributed by atoms with Gasteiger partial charge in [-0.2, -0.15) is 0 Å². The van der Waals surface area contributed by atoms with E-state index >= 15 is 0 Å².